The first-order chi connectivity index (χ1) is 20.1. The maximum Gasteiger partial charge on any atom is 0.0520 e. The van der Waals surface area contributed by atoms with Crippen LogP contribution in [0.5, 0.6) is 0 Å². The molecular formula is C42H56N2. The summed E-state index contributed by atoms with van der Waals surface area (Å²) in [4.78, 5) is 2.46. The van der Waals surface area contributed by atoms with Gasteiger partial charge in [0.15, 0.2) is 0 Å². The highest BCUT2D eigenvalue weighted by atomic mass is 15.1. The van der Waals surface area contributed by atoms with Gasteiger partial charge in [0.1, 0.15) is 0 Å². The molecule has 2 heteroatoms. The standard InChI is InChI=1S/C42H56N2/c1-28-23-32(41(9,10)11)24-29(2)38(28)44(36-21-17-31(18-22-36)40(6,7)8)37-26-33(42(12,13)14)25-35(27-37)43-34-19-15-30(16-20-34)39(3,4)5/h15-27,43H,1-14H3. The van der Waals surface area contributed by atoms with Crippen molar-refractivity contribution in [3.8, 4) is 0 Å². The van der Waals surface area contributed by atoms with Crippen LogP contribution in [0.2, 0.25) is 0 Å². The number of aryl methyl sites for hydroxylation is 2. The van der Waals surface area contributed by atoms with Crippen molar-refractivity contribution in [1.82, 2.24) is 0 Å². The highest BCUT2D eigenvalue weighted by molar-refractivity contribution is 5.83. The highest BCUT2D eigenvalue weighted by Gasteiger charge is 2.24. The Balaban J connectivity index is 1.93. The molecule has 4 aromatic rings. The zero-order valence-electron chi connectivity index (χ0n) is 30.0. The Kier molecular flexibility index (Phi) is 8.93. The minimum Gasteiger partial charge on any atom is -0.355 e. The Bertz CT molecular complexity index is 1570. The van der Waals surface area contributed by atoms with Gasteiger partial charge in [-0.25, -0.2) is 0 Å². The molecule has 0 aliphatic heterocycles. The van der Waals surface area contributed by atoms with Gasteiger partial charge in [-0.05, 0) is 111 Å². The summed E-state index contributed by atoms with van der Waals surface area (Å²) in [6.07, 6.45) is 0. The molecule has 0 heterocycles. The third-order valence-electron chi connectivity index (χ3n) is 8.65. The summed E-state index contributed by atoms with van der Waals surface area (Å²) in [7, 11) is 0. The van der Waals surface area contributed by atoms with Gasteiger partial charge in [-0.2, -0.15) is 0 Å². The zero-order valence-corrected chi connectivity index (χ0v) is 30.0. The second-order valence-corrected chi connectivity index (χ2v) is 16.8. The van der Waals surface area contributed by atoms with Gasteiger partial charge < -0.3 is 10.2 Å². The molecule has 0 saturated heterocycles. The Morgan fingerprint density at radius 3 is 1.25 bits per heavy atom. The number of nitrogens with zero attached hydrogens (tertiary/aromatic N) is 1. The molecule has 0 amide bonds. The highest BCUT2D eigenvalue weighted by Crippen LogP contribution is 2.43. The number of hydrogen-bond acceptors (Lipinski definition) is 2. The zero-order chi connectivity index (χ0) is 32.8. The molecule has 0 unspecified atom stereocenters. The Morgan fingerprint density at radius 1 is 0.409 bits per heavy atom. The second kappa shape index (κ2) is 11.8. The van der Waals surface area contributed by atoms with Gasteiger partial charge in [0.2, 0.25) is 0 Å². The van der Waals surface area contributed by atoms with Crippen LogP contribution in [0, 0.1) is 13.8 Å². The van der Waals surface area contributed by atoms with E-state index >= 15 is 0 Å². The molecule has 44 heavy (non-hydrogen) atoms. The van der Waals surface area contributed by atoms with Gasteiger partial charge in [-0.1, -0.05) is 119 Å². The van der Waals surface area contributed by atoms with Crippen molar-refractivity contribution in [3.63, 3.8) is 0 Å². The third-order valence-corrected chi connectivity index (χ3v) is 8.65. The molecule has 2 nitrogen and oxygen atoms in total. The summed E-state index contributed by atoms with van der Waals surface area (Å²) in [6.45, 7) is 31.9. The molecule has 0 atom stereocenters. The lowest BCUT2D eigenvalue weighted by molar-refractivity contribution is 0.589. The van der Waals surface area contributed by atoms with Gasteiger partial charge in [-0.3, -0.25) is 0 Å². The van der Waals surface area contributed by atoms with Crippen LogP contribution in [0.3, 0.4) is 0 Å². The van der Waals surface area contributed by atoms with Crippen LogP contribution in [0.4, 0.5) is 28.4 Å². The minimum absolute atomic E-state index is 0.0233. The summed E-state index contributed by atoms with van der Waals surface area (Å²) in [5.74, 6) is 0. The van der Waals surface area contributed by atoms with Crippen LogP contribution < -0.4 is 10.2 Å². The fourth-order valence-corrected chi connectivity index (χ4v) is 5.73. The molecule has 0 aliphatic carbocycles. The Morgan fingerprint density at radius 2 is 0.818 bits per heavy atom. The smallest absolute Gasteiger partial charge is 0.0520 e. The lowest BCUT2D eigenvalue weighted by atomic mass is 9.84. The van der Waals surface area contributed by atoms with Gasteiger partial charge in [0.25, 0.3) is 0 Å². The molecule has 0 fully saturated rings. The van der Waals surface area contributed by atoms with Crippen LogP contribution in [0.25, 0.3) is 0 Å². The molecule has 4 aromatic carbocycles. The quantitative estimate of drug-likeness (QED) is 0.249. The first-order valence-electron chi connectivity index (χ1n) is 16.2. The van der Waals surface area contributed by atoms with Crippen LogP contribution in [-0.4, -0.2) is 0 Å². The lowest BCUT2D eigenvalue weighted by Gasteiger charge is -2.33. The average molecular weight is 589 g/mol. The van der Waals surface area contributed by atoms with Crippen LogP contribution >= 0.6 is 0 Å². The molecule has 0 saturated carbocycles. The van der Waals surface area contributed by atoms with E-state index in [0.717, 1.165) is 17.1 Å². The van der Waals surface area contributed by atoms with Gasteiger partial charge in [0, 0.05) is 22.7 Å². The number of rotatable bonds is 5. The van der Waals surface area contributed by atoms with Crippen molar-refractivity contribution in [2.24, 2.45) is 0 Å². The fraction of sp³-hybridized carbons (Fsp3) is 0.429. The van der Waals surface area contributed by atoms with Crippen molar-refractivity contribution < 1.29 is 0 Å². The normalized spacial score (nSPS) is 12.8. The first kappa shape index (κ1) is 33.4. The molecule has 0 aliphatic rings. The Labute approximate surface area is 268 Å². The molecule has 0 aromatic heterocycles. The van der Waals surface area contributed by atoms with Gasteiger partial charge in [-0.15, -0.1) is 0 Å². The van der Waals surface area contributed by atoms with Crippen molar-refractivity contribution in [2.45, 2.75) is 119 Å². The molecule has 0 spiro atoms. The number of nitrogens with one attached hydrogen (secondary N) is 1. The third kappa shape index (κ3) is 7.57. The van der Waals surface area contributed by atoms with E-state index in [1.54, 1.807) is 0 Å². The average Bonchev–Trinajstić information content (AvgIpc) is 2.89. The van der Waals surface area contributed by atoms with E-state index in [1.807, 2.05) is 0 Å². The number of anilines is 5. The number of hydrogen-bond donors (Lipinski definition) is 1. The molecule has 0 bridgehead atoms. The van der Waals surface area contributed by atoms with E-state index in [4.69, 9.17) is 0 Å². The topological polar surface area (TPSA) is 15.3 Å². The predicted molar refractivity (Wildman–Crippen MR) is 195 cm³/mol. The van der Waals surface area contributed by atoms with E-state index < -0.39 is 0 Å². The van der Waals surface area contributed by atoms with E-state index in [9.17, 15) is 0 Å². The van der Waals surface area contributed by atoms with E-state index in [2.05, 4.69) is 186 Å². The van der Waals surface area contributed by atoms with Crippen LogP contribution in [0.15, 0.2) is 78.9 Å². The van der Waals surface area contributed by atoms with Crippen molar-refractivity contribution in [3.05, 3.63) is 112 Å². The summed E-state index contributed by atoms with van der Waals surface area (Å²) in [5, 5.41) is 3.75. The summed E-state index contributed by atoms with van der Waals surface area (Å²) >= 11 is 0. The van der Waals surface area contributed by atoms with Crippen molar-refractivity contribution in [2.75, 3.05) is 10.2 Å². The monoisotopic (exact) mass is 588 g/mol. The largest absolute Gasteiger partial charge is 0.355 e. The van der Waals surface area contributed by atoms with Crippen molar-refractivity contribution >= 4 is 28.4 Å². The molecule has 234 valence electrons. The number of benzene rings is 4. The molecular weight excluding hydrogens is 532 g/mol. The maximum absolute atomic E-state index is 3.75. The summed E-state index contributed by atoms with van der Waals surface area (Å²) < 4.78 is 0. The molecule has 4 rings (SSSR count). The van der Waals surface area contributed by atoms with E-state index in [1.165, 1.54) is 44.8 Å². The predicted octanol–water partition coefficient (Wildman–Crippen LogP) is 12.7. The van der Waals surface area contributed by atoms with Crippen LogP contribution in [-0.2, 0) is 21.7 Å². The minimum atomic E-state index is -0.0233. The van der Waals surface area contributed by atoms with E-state index in [-0.39, 0.29) is 21.7 Å². The van der Waals surface area contributed by atoms with Crippen molar-refractivity contribution in [1.29, 1.82) is 0 Å². The SMILES string of the molecule is Cc1cc(C(C)(C)C)cc(C)c1N(c1ccc(C(C)(C)C)cc1)c1cc(Nc2ccc(C(C)(C)C)cc2)cc(C(C)(C)C)c1. The Hall–Kier alpha value is -3.52. The fourth-order valence-electron chi connectivity index (χ4n) is 5.73. The van der Waals surface area contributed by atoms with E-state index in [0.29, 0.717) is 0 Å². The molecule has 0 radical (unpaired) electrons. The summed E-state index contributed by atoms with van der Waals surface area (Å²) in [5.41, 5.74) is 13.9. The first-order valence-corrected chi connectivity index (χ1v) is 16.2. The van der Waals surface area contributed by atoms with Gasteiger partial charge in [0.05, 0.1) is 5.69 Å². The molecule has 1 N–H and O–H groups in total. The second-order valence-electron chi connectivity index (χ2n) is 16.8. The van der Waals surface area contributed by atoms with Gasteiger partial charge >= 0.3 is 0 Å². The lowest BCUT2D eigenvalue weighted by Crippen LogP contribution is -2.18. The maximum atomic E-state index is 3.75. The van der Waals surface area contributed by atoms with Crippen LogP contribution in [0.1, 0.15) is 116 Å². The summed E-state index contributed by atoms with van der Waals surface area (Å²) in [6, 6.07) is 29.8.